The zero-order valence-electron chi connectivity index (χ0n) is 9.47. The first kappa shape index (κ1) is 14.5. The van der Waals surface area contributed by atoms with Crippen molar-refractivity contribution in [1.82, 2.24) is 0 Å². The van der Waals surface area contributed by atoms with Gasteiger partial charge in [-0.2, -0.15) is 0 Å². The summed E-state index contributed by atoms with van der Waals surface area (Å²) in [6.45, 7) is 3.79. The van der Waals surface area contributed by atoms with Crippen LogP contribution < -0.4 is 0 Å². The third-order valence-corrected chi connectivity index (χ3v) is 5.10. The van der Waals surface area contributed by atoms with Crippen LogP contribution in [-0.4, -0.2) is 20.5 Å². The average molecular weight is 297 g/mol. The molecule has 0 fully saturated rings. The lowest BCUT2D eigenvalue weighted by atomic mass is 10.2. The van der Waals surface area contributed by atoms with Gasteiger partial charge in [-0.15, -0.1) is 11.3 Å². The molecule has 4 nitrogen and oxygen atoms in total. The lowest BCUT2D eigenvalue weighted by Gasteiger charge is -2.10. The van der Waals surface area contributed by atoms with Gasteiger partial charge >= 0.3 is 5.97 Å². The number of thiophene rings is 1. The summed E-state index contributed by atoms with van der Waals surface area (Å²) in [5.74, 6) is -0.520. The first-order valence-electron chi connectivity index (χ1n) is 5.08. The molecular weight excluding hydrogens is 284 g/mol. The highest BCUT2D eigenvalue weighted by atomic mass is 35.7. The lowest BCUT2D eigenvalue weighted by molar-refractivity contribution is 0.0324. The van der Waals surface area contributed by atoms with E-state index in [-0.39, 0.29) is 15.9 Å². The van der Waals surface area contributed by atoms with Crippen molar-refractivity contribution in [3.8, 4) is 0 Å². The van der Waals surface area contributed by atoms with Gasteiger partial charge in [-0.3, -0.25) is 0 Å². The van der Waals surface area contributed by atoms with Crippen LogP contribution in [0.2, 0.25) is 0 Å². The zero-order valence-corrected chi connectivity index (χ0v) is 11.9. The molecule has 0 aromatic carbocycles. The van der Waals surface area contributed by atoms with Gasteiger partial charge in [0.05, 0.1) is 11.7 Å². The number of rotatable bonds is 5. The van der Waals surface area contributed by atoms with Gasteiger partial charge in [0.2, 0.25) is 0 Å². The van der Waals surface area contributed by atoms with E-state index in [0.29, 0.717) is 0 Å². The molecular formula is C10H13ClO4S2. The molecule has 0 N–H and O–H groups in total. The van der Waals surface area contributed by atoms with Crippen LogP contribution >= 0.6 is 22.0 Å². The van der Waals surface area contributed by atoms with Gasteiger partial charge in [-0.05, 0) is 19.4 Å². The first-order chi connectivity index (χ1) is 7.84. The van der Waals surface area contributed by atoms with E-state index in [2.05, 4.69) is 0 Å². The highest BCUT2D eigenvalue weighted by molar-refractivity contribution is 8.15. The Labute approximate surface area is 109 Å². The van der Waals surface area contributed by atoms with Gasteiger partial charge in [0.1, 0.15) is 4.21 Å². The molecule has 1 unspecified atom stereocenters. The molecule has 17 heavy (non-hydrogen) atoms. The predicted molar refractivity (Wildman–Crippen MR) is 67.1 cm³/mol. The van der Waals surface area contributed by atoms with Crippen LogP contribution in [0, 0.1) is 0 Å². The molecule has 0 aliphatic heterocycles. The fourth-order valence-corrected chi connectivity index (χ4v) is 3.20. The summed E-state index contributed by atoms with van der Waals surface area (Å²) in [5, 5.41) is 1.43. The van der Waals surface area contributed by atoms with Crippen molar-refractivity contribution in [2.24, 2.45) is 0 Å². The van der Waals surface area contributed by atoms with E-state index in [0.717, 1.165) is 24.2 Å². The van der Waals surface area contributed by atoms with Crippen LogP contribution in [0.4, 0.5) is 0 Å². The smallest absolute Gasteiger partial charge is 0.339 e. The largest absolute Gasteiger partial charge is 0.459 e. The Morgan fingerprint density at radius 2 is 2.24 bits per heavy atom. The maximum atomic E-state index is 11.6. The van der Waals surface area contributed by atoms with Crippen molar-refractivity contribution in [2.75, 3.05) is 0 Å². The van der Waals surface area contributed by atoms with Crippen molar-refractivity contribution in [3.63, 3.8) is 0 Å². The van der Waals surface area contributed by atoms with Crippen molar-refractivity contribution in [2.45, 2.75) is 37.0 Å². The van der Waals surface area contributed by atoms with Gasteiger partial charge in [0.25, 0.3) is 9.05 Å². The summed E-state index contributed by atoms with van der Waals surface area (Å²) >= 11 is 0.905. The summed E-state index contributed by atoms with van der Waals surface area (Å²) in [5.41, 5.74) is 0.220. The van der Waals surface area contributed by atoms with E-state index in [4.69, 9.17) is 15.4 Å². The predicted octanol–water partition coefficient (Wildman–Crippen LogP) is 3.02. The highest BCUT2D eigenvalue weighted by Crippen LogP contribution is 2.24. The van der Waals surface area contributed by atoms with Crippen molar-refractivity contribution in [3.05, 3.63) is 17.0 Å². The van der Waals surface area contributed by atoms with Crippen LogP contribution in [0.1, 0.15) is 37.0 Å². The van der Waals surface area contributed by atoms with E-state index in [9.17, 15) is 13.2 Å². The third kappa shape index (κ3) is 4.29. The van der Waals surface area contributed by atoms with Crippen molar-refractivity contribution < 1.29 is 17.9 Å². The Bertz CT molecular complexity index is 492. The Hall–Kier alpha value is -0.590. The van der Waals surface area contributed by atoms with E-state index in [1.165, 1.54) is 11.4 Å². The number of halogens is 1. The monoisotopic (exact) mass is 296 g/mol. The first-order valence-corrected chi connectivity index (χ1v) is 8.27. The molecule has 0 aliphatic carbocycles. The van der Waals surface area contributed by atoms with Crippen LogP contribution in [-0.2, 0) is 13.8 Å². The molecule has 0 amide bonds. The summed E-state index contributed by atoms with van der Waals surface area (Å²) in [6.07, 6.45) is 1.51. The molecule has 96 valence electrons. The topological polar surface area (TPSA) is 60.4 Å². The van der Waals surface area contributed by atoms with Crippen molar-refractivity contribution >= 4 is 37.0 Å². The Balaban J connectivity index is 2.74. The second-order valence-electron chi connectivity index (χ2n) is 3.60. The molecule has 0 aliphatic rings. The minimum absolute atomic E-state index is 0.0470. The van der Waals surface area contributed by atoms with E-state index < -0.39 is 15.0 Å². The van der Waals surface area contributed by atoms with Gasteiger partial charge in [0, 0.05) is 16.1 Å². The number of esters is 1. The summed E-state index contributed by atoms with van der Waals surface area (Å²) in [6, 6.07) is 1.23. The molecule has 1 rings (SSSR count). The number of carbonyl (C=O) groups is 1. The number of hydrogen-bond donors (Lipinski definition) is 0. The molecule has 0 radical (unpaired) electrons. The normalized spacial score (nSPS) is 13.4. The molecule has 1 aromatic heterocycles. The minimum Gasteiger partial charge on any atom is -0.459 e. The van der Waals surface area contributed by atoms with E-state index in [1.54, 1.807) is 6.92 Å². The highest BCUT2D eigenvalue weighted by Gasteiger charge is 2.18. The van der Waals surface area contributed by atoms with Crippen LogP contribution in [0.3, 0.4) is 0 Å². The van der Waals surface area contributed by atoms with Gasteiger partial charge < -0.3 is 4.74 Å². The van der Waals surface area contributed by atoms with E-state index >= 15 is 0 Å². The molecule has 0 saturated heterocycles. The third-order valence-electron chi connectivity index (χ3n) is 2.05. The van der Waals surface area contributed by atoms with Crippen LogP contribution in [0.15, 0.2) is 15.7 Å². The molecule has 1 aromatic rings. The summed E-state index contributed by atoms with van der Waals surface area (Å²) in [4.78, 5) is 11.6. The second-order valence-corrected chi connectivity index (χ2v) is 7.30. The number of carbonyl (C=O) groups excluding carboxylic acids is 1. The van der Waals surface area contributed by atoms with Crippen LogP contribution in [0.5, 0.6) is 0 Å². The van der Waals surface area contributed by atoms with Crippen molar-refractivity contribution in [1.29, 1.82) is 0 Å². The average Bonchev–Trinajstić information content (AvgIpc) is 2.65. The van der Waals surface area contributed by atoms with Gasteiger partial charge in [-0.25, -0.2) is 13.2 Å². The molecule has 7 heteroatoms. The Morgan fingerprint density at radius 1 is 1.59 bits per heavy atom. The second kappa shape index (κ2) is 5.84. The Morgan fingerprint density at radius 3 is 2.71 bits per heavy atom. The molecule has 0 spiro atoms. The molecule has 0 saturated carbocycles. The summed E-state index contributed by atoms with van der Waals surface area (Å²) in [7, 11) is 1.39. The quantitative estimate of drug-likeness (QED) is 0.619. The summed E-state index contributed by atoms with van der Waals surface area (Å²) < 4.78 is 27.1. The van der Waals surface area contributed by atoms with Gasteiger partial charge in [-0.1, -0.05) is 13.3 Å². The lowest BCUT2D eigenvalue weighted by Crippen LogP contribution is -2.14. The number of ether oxygens (including phenoxy) is 1. The van der Waals surface area contributed by atoms with Crippen LogP contribution in [0.25, 0.3) is 0 Å². The number of hydrogen-bond acceptors (Lipinski definition) is 5. The minimum atomic E-state index is -3.77. The fraction of sp³-hybridized carbons (Fsp3) is 0.500. The fourth-order valence-electron chi connectivity index (χ4n) is 1.27. The van der Waals surface area contributed by atoms with E-state index in [1.807, 2.05) is 6.92 Å². The maximum Gasteiger partial charge on any atom is 0.339 e. The molecule has 1 atom stereocenters. The Kier molecular flexibility index (Phi) is 4.97. The standard InChI is InChI=1S/C10H13ClO4S2/c1-3-4-7(2)15-10(12)8-5-9(16-6-8)17(11,13)14/h5-7H,3-4H2,1-2H3. The maximum absolute atomic E-state index is 11.6. The zero-order chi connectivity index (χ0) is 13.1. The van der Waals surface area contributed by atoms with Gasteiger partial charge in [0.15, 0.2) is 0 Å². The molecule has 0 bridgehead atoms. The molecule has 1 heterocycles. The SMILES string of the molecule is CCCC(C)OC(=O)c1csc(S(=O)(=O)Cl)c1.